The molecule has 1 amide bonds. The highest BCUT2D eigenvalue weighted by Crippen LogP contribution is 2.48. The number of fused-ring (bicyclic) bond motifs is 2. The lowest BCUT2D eigenvalue weighted by molar-refractivity contribution is -0.122. The van der Waals surface area contributed by atoms with Crippen molar-refractivity contribution in [2.24, 2.45) is 5.92 Å². The van der Waals surface area contributed by atoms with Crippen molar-refractivity contribution in [2.45, 2.75) is 24.7 Å². The van der Waals surface area contributed by atoms with E-state index < -0.39 is 0 Å². The Labute approximate surface area is 114 Å². The molecular weight excluding hydrogens is 236 g/mol. The fourth-order valence-electron chi connectivity index (χ4n) is 3.73. The van der Waals surface area contributed by atoms with E-state index in [0.29, 0.717) is 5.91 Å². The van der Waals surface area contributed by atoms with Crippen LogP contribution in [-0.2, 0) is 10.2 Å². The largest absolute Gasteiger partial charge is 0.311 e. The zero-order valence-corrected chi connectivity index (χ0v) is 11.4. The quantitative estimate of drug-likeness (QED) is 0.808. The second-order valence-electron chi connectivity index (χ2n) is 6.45. The summed E-state index contributed by atoms with van der Waals surface area (Å²) in [5.41, 5.74) is 2.19. The lowest BCUT2D eigenvalue weighted by atomic mass is 9.81. The number of carbonyl (C=O) groups is 1. The van der Waals surface area contributed by atoms with Crippen molar-refractivity contribution in [3.63, 3.8) is 0 Å². The van der Waals surface area contributed by atoms with Gasteiger partial charge in [-0.05, 0) is 50.4 Å². The lowest BCUT2D eigenvalue weighted by Crippen LogP contribution is -2.42. The van der Waals surface area contributed by atoms with Gasteiger partial charge in [0.2, 0.25) is 5.91 Å². The van der Waals surface area contributed by atoms with E-state index in [2.05, 4.69) is 41.1 Å². The summed E-state index contributed by atoms with van der Waals surface area (Å²) in [5, 5.41) is 0. The minimum absolute atomic E-state index is 0.250. The van der Waals surface area contributed by atoms with Crippen LogP contribution in [0.5, 0.6) is 0 Å². The number of anilines is 1. The summed E-state index contributed by atoms with van der Waals surface area (Å²) < 4.78 is 0. The summed E-state index contributed by atoms with van der Waals surface area (Å²) in [6.07, 6.45) is 3.55. The molecule has 0 unspecified atom stereocenters. The maximum atomic E-state index is 13.0. The molecule has 3 nitrogen and oxygen atoms in total. The van der Waals surface area contributed by atoms with Crippen LogP contribution in [-0.4, -0.2) is 37.5 Å². The van der Waals surface area contributed by atoms with Crippen LogP contribution in [0, 0.1) is 5.92 Å². The highest BCUT2D eigenvalue weighted by molar-refractivity contribution is 6.08. The Bertz CT molecular complexity index is 537. The number of hydrogen-bond donors (Lipinski definition) is 0. The molecule has 3 heteroatoms. The van der Waals surface area contributed by atoms with Gasteiger partial charge in [-0.25, -0.2) is 0 Å². The van der Waals surface area contributed by atoms with Crippen LogP contribution in [0.25, 0.3) is 0 Å². The lowest BCUT2D eigenvalue weighted by Gasteiger charge is -2.23. The summed E-state index contributed by atoms with van der Waals surface area (Å²) in [4.78, 5) is 17.4. The summed E-state index contributed by atoms with van der Waals surface area (Å²) in [6, 6.07) is 8.43. The zero-order chi connectivity index (χ0) is 13.0. The zero-order valence-electron chi connectivity index (χ0n) is 11.4. The van der Waals surface area contributed by atoms with Gasteiger partial charge in [0, 0.05) is 18.8 Å². The van der Waals surface area contributed by atoms with Crippen LogP contribution in [0.3, 0.4) is 0 Å². The normalized spacial score (nSPS) is 30.4. The summed E-state index contributed by atoms with van der Waals surface area (Å²) >= 11 is 0. The molecule has 0 bridgehead atoms. The van der Waals surface area contributed by atoms with E-state index in [1.807, 2.05) is 0 Å². The molecule has 4 rings (SSSR count). The van der Waals surface area contributed by atoms with E-state index in [0.717, 1.165) is 32.0 Å². The number of hydrogen-bond acceptors (Lipinski definition) is 2. The Morgan fingerprint density at radius 1 is 1.32 bits per heavy atom. The third kappa shape index (κ3) is 1.57. The molecule has 1 saturated carbocycles. The molecule has 1 atom stereocenters. The molecule has 19 heavy (non-hydrogen) atoms. The van der Waals surface area contributed by atoms with Crippen molar-refractivity contribution in [2.75, 3.05) is 31.6 Å². The van der Waals surface area contributed by atoms with E-state index in [1.165, 1.54) is 24.1 Å². The van der Waals surface area contributed by atoms with Crippen molar-refractivity contribution >= 4 is 11.6 Å². The second-order valence-corrected chi connectivity index (χ2v) is 6.45. The molecular formula is C16H20N2O. The first-order chi connectivity index (χ1) is 9.21. The van der Waals surface area contributed by atoms with Gasteiger partial charge in [0.1, 0.15) is 0 Å². The van der Waals surface area contributed by atoms with Gasteiger partial charge in [0.25, 0.3) is 0 Å². The van der Waals surface area contributed by atoms with Gasteiger partial charge >= 0.3 is 0 Å². The van der Waals surface area contributed by atoms with Crippen molar-refractivity contribution in [3.05, 3.63) is 29.8 Å². The van der Waals surface area contributed by atoms with Gasteiger partial charge in [-0.1, -0.05) is 18.2 Å². The maximum Gasteiger partial charge on any atom is 0.239 e. The van der Waals surface area contributed by atoms with Crippen LogP contribution in [0.2, 0.25) is 0 Å². The van der Waals surface area contributed by atoms with Gasteiger partial charge in [0.05, 0.1) is 5.41 Å². The van der Waals surface area contributed by atoms with Crippen LogP contribution in [0.4, 0.5) is 5.69 Å². The van der Waals surface area contributed by atoms with Gasteiger partial charge in [-0.2, -0.15) is 0 Å². The Morgan fingerprint density at radius 3 is 2.79 bits per heavy atom. The first kappa shape index (κ1) is 11.5. The van der Waals surface area contributed by atoms with Crippen LogP contribution in [0.15, 0.2) is 24.3 Å². The minimum atomic E-state index is -0.250. The predicted molar refractivity (Wildman–Crippen MR) is 75.3 cm³/mol. The molecule has 1 saturated heterocycles. The van der Waals surface area contributed by atoms with Gasteiger partial charge < -0.3 is 9.80 Å². The molecule has 2 fully saturated rings. The van der Waals surface area contributed by atoms with Crippen LogP contribution in [0.1, 0.15) is 24.8 Å². The van der Waals surface area contributed by atoms with E-state index in [1.54, 1.807) is 0 Å². The van der Waals surface area contributed by atoms with Crippen molar-refractivity contribution < 1.29 is 4.79 Å². The van der Waals surface area contributed by atoms with Gasteiger partial charge in [-0.3, -0.25) is 4.79 Å². The molecule has 1 aliphatic carbocycles. The Balaban J connectivity index is 1.79. The second kappa shape index (κ2) is 3.83. The van der Waals surface area contributed by atoms with Gasteiger partial charge in [0.15, 0.2) is 0 Å². The fraction of sp³-hybridized carbons (Fsp3) is 0.562. The molecule has 1 aromatic rings. The molecule has 3 aliphatic rings. The third-order valence-electron chi connectivity index (χ3n) is 4.96. The van der Waals surface area contributed by atoms with E-state index in [4.69, 9.17) is 0 Å². The van der Waals surface area contributed by atoms with Crippen LogP contribution >= 0.6 is 0 Å². The number of para-hydroxylation sites is 1. The summed E-state index contributed by atoms with van der Waals surface area (Å²) in [7, 11) is 2.12. The monoisotopic (exact) mass is 256 g/mol. The Morgan fingerprint density at radius 2 is 2.11 bits per heavy atom. The number of nitrogens with zero attached hydrogens (tertiary/aromatic N) is 2. The minimum Gasteiger partial charge on any atom is -0.311 e. The maximum absolute atomic E-state index is 13.0. The number of amides is 1. The predicted octanol–water partition coefficient (Wildman–Crippen LogP) is 2.02. The first-order valence-electron chi connectivity index (χ1n) is 7.31. The van der Waals surface area contributed by atoms with Gasteiger partial charge in [-0.15, -0.1) is 0 Å². The SMILES string of the molecule is CN1CC[C@@]2(C1)C(=O)N(CC1CC1)c1ccccc12. The molecule has 0 radical (unpaired) electrons. The average Bonchev–Trinajstić information content (AvgIpc) is 3.12. The van der Waals surface area contributed by atoms with Crippen molar-refractivity contribution in [3.8, 4) is 0 Å². The molecule has 2 aliphatic heterocycles. The number of likely N-dealkylation sites (N-methyl/N-ethyl adjacent to an activating group) is 1. The topological polar surface area (TPSA) is 23.6 Å². The molecule has 1 aromatic carbocycles. The average molecular weight is 256 g/mol. The molecule has 0 aromatic heterocycles. The highest BCUT2D eigenvalue weighted by atomic mass is 16.2. The third-order valence-corrected chi connectivity index (χ3v) is 4.96. The highest BCUT2D eigenvalue weighted by Gasteiger charge is 2.54. The molecule has 0 N–H and O–H groups in total. The smallest absolute Gasteiger partial charge is 0.239 e. The summed E-state index contributed by atoms with van der Waals surface area (Å²) in [6.45, 7) is 2.84. The molecule has 2 heterocycles. The Kier molecular flexibility index (Phi) is 2.31. The standard InChI is InChI=1S/C16H20N2O/c1-17-9-8-16(11-17)13-4-2-3-5-14(13)18(15(16)19)10-12-6-7-12/h2-5,12H,6-11H2,1H3/t16-/m0/s1. The Hall–Kier alpha value is -1.35. The number of rotatable bonds is 2. The number of carbonyl (C=O) groups excluding carboxylic acids is 1. The van der Waals surface area contributed by atoms with E-state index in [-0.39, 0.29) is 5.41 Å². The molecule has 1 spiro atoms. The van der Waals surface area contributed by atoms with E-state index in [9.17, 15) is 4.79 Å². The first-order valence-corrected chi connectivity index (χ1v) is 7.31. The van der Waals surface area contributed by atoms with Crippen molar-refractivity contribution in [1.29, 1.82) is 0 Å². The van der Waals surface area contributed by atoms with Crippen molar-refractivity contribution in [1.82, 2.24) is 4.90 Å². The van der Waals surface area contributed by atoms with Crippen LogP contribution < -0.4 is 4.90 Å². The number of likely N-dealkylation sites (tertiary alicyclic amines) is 1. The summed E-state index contributed by atoms with van der Waals surface area (Å²) in [5.74, 6) is 1.09. The fourth-order valence-corrected chi connectivity index (χ4v) is 3.73. The molecule has 100 valence electrons. The number of benzene rings is 1. The van der Waals surface area contributed by atoms with E-state index >= 15 is 0 Å².